The van der Waals surface area contributed by atoms with E-state index in [9.17, 15) is 36.2 Å². The minimum Gasteiger partial charge on any atom is -0.507 e. The highest BCUT2D eigenvalue weighted by Crippen LogP contribution is 2.53. The van der Waals surface area contributed by atoms with Crippen LogP contribution in [0.2, 0.25) is 0 Å². The molecule has 0 amide bonds. The van der Waals surface area contributed by atoms with Crippen molar-refractivity contribution in [2.45, 2.75) is 17.1 Å². The summed E-state index contributed by atoms with van der Waals surface area (Å²) in [5, 5.41) is 21.3. The standard InChI is InChI=1S/C16H12F6O7S/c17-15(18,19)14(16(20,21)22,30-29-28-25)13(24)27-8-7-26-12-6-2-3-9-10(12)4-1-5-11(9)23/h1-6,23,25H,7-8H2. The third kappa shape index (κ3) is 4.66. The Morgan fingerprint density at radius 1 is 0.933 bits per heavy atom. The van der Waals surface area contributed by atoms with Crippen LogP contribution in [-0.2, 0) is 18.9 Å². The summed E-state index contributed by atoms with van der Waals surface area (Å²) in [4.78, 5) is 11.7. The first-order chi connectivity index (χ1) is 14.0. The molecule has 30 heavy (non-hydrogen) atoms. The van der Waals surface area contributed by atoms with Crippen LogP contribution in [0.1, 0.15) is 0 Å². The van der Waals surface area contributed by atoms with Crippen LogP contribution < -0.4 is 4.74 Å². The van der Waals surface area contributed by atoms with E-state index in [2.05, 4.69) is 14.1 Å². The number of hydrogen-bond donors (Lipinski definition) is 2. The highest BCUT2D eigenvalue weighted by molar-refractivity contribution is 7.96. The fourth-order valence-corrected chi connectivity index (χ4v) is 2.81. The first-order valence-corrected chi connectivity index (χ1v) is 8.50. The largest absolute Gasteiger partial charge is 0.507 e. The van der Waals surface area contributed by atoms with E-state index in [0.29, 0.717) is 10.8 Å². The first-order valence-electron chi connectivity index (χ1n) is 7.76. The second-order valence-electron chi connectivity index (χ2n) is 5.52. The van der Waals surface area contributed by atoms with Gasteiger partial charge in [0.15, 0.2) is 0 Å². The van der Waals surface area contributed by atoms with Crippen molar-refractivity contribution in [3.05, 3.63) is 36.4 Å². The van der Waals surface area contributed by atoms with Crippen molar-refractivity contribution in [3.8, 4) is 11.5 Å². The van der Waals surface area contributed by atoms with E-state index in [4.69, 9.17) is 9.99 Å². The molecule has 2 rings (SSSR count). The Bertz CT molecular complexity index is 872. The van der Waals surface area contributed by atoms with Gasteiger partial charge in [-0.2, -0.15) is 26.3 Å². The van der Waals surface area contributed by atoms with Gasteiger partial charge in [-0.15, -0.1) is 4.33 Å². The van der Waals surface area contributed by atoms with Crippen LogP contribution in [0, 0.1) is 0 Å². The third-order valence-corrected chi connectivity index (χ3v) is 4.72. The number of hydrogen-bond acceptors (Lipinski definition) is 8. The highest BCUT2D eigenvalue weighted by atomic mass is 32.2. The van der Waals surface area contributed by atoms with E-state index >= 15 is 0 Å². The van der Waals surface area contributed by atoms with Crippen LogP contribution >= 0.6 is 12.0 Å². The van der Waals surface area contributed by atoms with Crippen LogP contribution in [0.25, 0.3) is 10.8 Å². The molecule has 2 aromatic carbocycles. The summed E-state index contributed by atoms with van der Waals surface area (Å²) in [6, 6.07) is 8.92. The maximum absolute atomic E-state index is 13.1. The number of esters is 1. The Morgan fingerprint density at radius 3 is 2.13 bits per heavy atom. The van der Waals surface area contributed by atoms with Crippen molar-refractivity contribution in [2.75, 3.05) is 13.2 Å². The van der Waals surface area contributed by atoms with Gasteiger partial charge in [-0.1, -0.05) is 29.3 Å². The maximum atomic E-state index is 13.1. The van der Waals surface area contributed by atoms with Gasteiger partial charge in [-0.3, -0.25) is 0 Å². The number of ether oxygens (including phenoxy) is 2. The van der Waals surface area contributed by atoms with Gasteiger partial charge in [0.25, 0.3) is 0 Å². The quantitative estimate of drug-likeness (QED) is 0.149. The minimum absolute atomic E-state index is 0.0763. The number of rotatable bonds is 8. The summed E-state index contributed by atoms with van der Waals surface area (Å²) in [6.07, 6.45) is -12.4. The number of phenols is 1. The van der Waals surface area contributed by atoms with Gasteiger partial charge in [-0.25, -0.2) is 10.1 Å². The smallest absolute Gasteiger partial charge is 0.425 e. The number of fused-ring (bicyclic) bond motifs is 1. The van der Waals surface area contributed by atoms with Gasteiger partial charge in [0, 0.05) is 10.8 Å². The molecule has 0 saturated carbocycles. The molecule has 166 valence electrons. The number of phenolic OH excluding ortho intramolecular Hbond substituents is 1. The van der Waals surface area contributed by atoms with E-state index in [0.717, 1.165) is 0 Å². The van der Waals surface area contributed by atoms with Crippen LogP contribution in [0.15, 0.2) is 36.4 Å². The summed E-state index contributed by atoms with van der Waals surface area (Å²) >= 11 is -1.52. The van der Waals surface area contributed by atoms with Crippen molar-refractivity contribution in [1.82, 2.24) is 0 Å². The molecule has 0 unspecified atom stereocenters. The molecule has 2 aromatic rings. The molecule has 0 spiro atoms. The number of carbonyl (C=O) groups excluding carboxylic acids is 1. The molecule has 0 bridgehead atoms. The predicted molar refractivity (Wildman–Crippen MR) is 89.3 cm³/mol. The average Bonchev–Trinajstić information content (AvgIpc) is 2.64. The maximum Gasteiger partial charge on any atom is 0.425 e. The summed E-state index contributed by atoms with van der Waals surface area (Å²) in [6.45, 7) is -1.59. The number of alkyl halides is 6. The molecule has 0 saturated heterocycles. The molecule has 2 N–H and O–H groups in total. The summed E-state index contributed by atoms with van der Waals surface area (Å²) in [7, 11) is 0. The second-order valence-corrected chi connectivity index (χ2v) is 6.43. The summed E-state index contributed by atoms with van der Waals surface area (Å²) < 4.78 is 86.2. The van der Waals surface area contributed by atoms with Crippen molar-refractivity contribution in [2.24, 2.45) is 0 Å². The Hall–Kier alpha value is -2.42. The van der Waals surface area contributed by atoms with Crippen molar-refractivity contribution in [3.63, 3.8) is 0 Å². The van der Waals surface area contributed by atoms with Crippen molar-refractivity contribution in [1.29, 1.82) is 0 Å². The van der Waals surface area contributed by atoms with Crippen molar-refractivity contribution >= 4 is 28.8 Å². The molecule has 0 aromatic heterocycles. The molecule has 0 radical (unpaired) electrons. The van der Waals surface area contributed by atoms with E-state index in [1.807, 2.05) is 0 Å². The molecule has 7 nitrogen and oxygen atoms in total. The Labute approximate surface area is 168 Å². The molecule has 0 fully saturated rings. The molecule has 0 aliphatic rings. The number of benzene rings is 2. The van der Waals surface area contributed by atoms with E-state index in [-0.39, 0.29) is 11.5 Å². The molecule has 14 heteroatoms. The number of halogens is 6. The third-order valence-electron chi connectivity index (χ3n) is 3.71. The van der Waals surface area contributed by atoms with E-state index in [1.54, 1.807) is 12.1 Å². The van der Waals surface area contributed by atoms with Crippen LogP contribution in [0.5, 0.6) is 11.5 Å². The normalized spacial score (nSPS) is 12.8. The second kappa shape index (κ2) is 9.16. The highest BCUT2D eigenvalue weighted by Gasteiger charge is 2.79. The molecule has 0 atom stereocenters. The van der Waals surface area contributed by atoms with Gasteiger partial charge in [0.2, 0.25) is 0 Å². The molecule has 0 heterocycles. The zero-order valence-corrected chi connectivity index (χ0v) is 15.3. The summed E-state index contributed by atoms with van der Waals surface area (Å²) in [5.74, 6) is -2.68. The topological polar surface area (TPSA) is 94.5 Å². The minimum atomic E-state index is -6.21. The molecule has 0 aliphatic heterocycles. The lowest BCUT2D eigenvalue weighted by atomic mass is 10.1. The lowest BCUT2D eigenvalue weighted by Gasteiger charge is -2.32. The van der Waals surface area contributed by atoms with Crippen molar-refractivity contribution < 1.29 is 60.3 Å². The van der Waals surface area contributed by atoms with Crippen LogP contribution in [0.3, 0.4) is 0 Å². The zero-order valence-electron chi connectivity index (χ0n) is 14.5. The molecule has 0 aliphatic carbocycles. The van der Waals surface area contributed by atoms with E-state index < -0.39 is 48.3 Å². The molecular weight excluding hydrogens is 450 g/mol. The predicted octanol–water partition coefficient (Wildman–Crippen LogP) is 4.40. The zero-order chi connectivity index (χ0) is 22.6. The van der Waals surface area contributed by atoms with Gasteiger partial charge in [0.05, 0.1) is 12.0 Å². The van der Waals surface area contributed by atoms with Crippen LogP contribution in [-0.4, -0.2) is 46.6 Å². The summed E-state index contributed by atoms with van der Waals surface area (Å²) in [5.41, 5.74) is 0. The Balaban J connectivity index is 2.12. The van der Waals surface area contributed by atoms with Gasteiger partial charge < -0.3 is 14.6 Å². The van der Waals surface area contributed by atoms with Gasteiger partial charge in [-0.05, 0) is 12.1 Å². The van der Waals surface area contributed by atoms with Gasteiger partial charge in [0.1, 0.15) is 24.7 Å². The van der Waals surface area contributed by atoms with Crippen LogP contribution in [0.4, 0.5) is 26.3 Å². The van der Waals surface area contributed by atoms with Gasteiger partial charge >= 0.3 is 23.1 Å². The SMILES string of the molecule is O=C(OCCOc1cccc2c(O)cccc12)C(SOOO)(C(F)(F)F)C(F)(F)F. The Kier molecular flexibility index (Phi) is 7.28. The number of carbonyl (C=O) groups is 1. The number of aromatic hydroxyl groups is 1. The molecular formula is C16H12F6O7S. The Morgan fingerprint density at radius 2 is 1.53 bits per heavy atom. The fourth-order valence-electron chi connectivity index (χ4n) is 2.36. The lowest BCUT2D eigenvalue weighted by molar-refractivity contribution is -0.434. The lowest BCUT2D eigenvalue weighted by Crippen LogP contribution is -2.60. The first kappa shape index (κ1) is 23.9. The fraction of sp³-hybridized carbons (Fsp3) is 0.312. The monoisotopic (exact) mass is 462 g/mol. The average molecular weight is 462 g/mol. The van der Waals surface area contributed by atoms with E-state index in [1.165, 1.54) is 24.3 Å².